The van der Waals surface area contributed by atoms with Crippen molar-refractivity contribution in [1.82, 2.24) is 10.2 Å². The maximum atomic E-state index is 11.5. The lowest BCUT2D eigenvalue weighted by atomic mass is 9.97. The van der Waals surface area contributed by atoms with Gasteiger partial charge in [-0.3, -0.25) is 0 Å². The first-order valence-electron chi connectivity index (χ1n) is 7.73. The first-order chi connectivity index (χ1) is 9.05. The SMILES string of the molecule is CCS(=O)(=O)CCCN1CCCNC2(CCCC2)C1. The van der Waals surface area contributed by atoms with Crippen LogP contribution < -0.4 is 5.32 Å². The van der Waals surface area contributed by atoms with Crippen LogP contribution in [0.4, 0.5) is 0 Å². The molecule has 5 heteroatoms. The molecule has 1 spiro atoms. The third-order valence-corrected chi connectivity index (χ3v) is 6.40. The van der Waals surface area contributed by atoms with Crippen LogP contribution in [0.2, 0.25) is 0 Å². The molecule has 0 atom stereocenters. The zero-order chi connectivity index (χ0) is 13.8. The number of nitrogens with zero attached hydrogens (tertiary/aromatic N) is 1. The average molecular weight is 288 g/mol. The minimum Gasteiger partial charge on any atom is -0.310 e. The Labute approximate surface area is 117 Å². The summed E-state index contributed by atoms with van der Waals surface area (Å²) >= 11 is 0. The maximum absolute atomic E-state index is 11.5. The highest BCUT2D eigenvalue weighted by molar-refractivity contribution is 7.91. The van der Waals surface area contributed by atoms with E-state index in [2.05, 4.69) is 10.2 Å². The molecule has 0 aromatic heterocycles. The Morgan fingerprint density at radius 1 is 1.21 bits per heavy atom. The summed E-state index contributed by atoms with van der Waals surface area (Å²) in [6.45, 7) is 6.01. The van der Waals surface area contributed by atoms with Crippen LogP contribution >= 0.6 is 0 Å². The molecule has 4 nitrogen and oxygen atoms in total. The van der Waals surface area contributed by atoms with Crippen molar-refractivity contribution in [3.8, 4) is 0 Å². The van der Waals surface area contributed by atoms with E-state index in [9.17, 15) is 8.42 Å². The molecule has 0 radical (unpaired) electrons. The summed E-state index contributed by atoms with van der Waals surface area (Å²) in [6, 6.07) is 0. The van der Waals surface area contributed by atoms with E-state index in [1.54, 1.807) is 6.92 Å². The normalized spacial score (nSPS) is 24.7. The molecule has 1 heterocycles. The Hall–Kier alpha value is -0.130. The molecule has 0 aromatic rings. The highest BCUT2D eigenvalue weighted by atomic mass is 32.2. The van der Waals surface area contributed by atoms with Crippen molar-refractivity contribution in [2.75, 3.05) is 37.7 Å². The van der Waals surface area contributed by atoms with Gasteiger partial charge in [-0.25, -0.2) is 8.42 Å². The topological polar surface area (TPSA) is 49.4 Å². The molecule has 0 amide bonds. The minimum atomic E-state index is -2.80. The van der Waals surface area contributed by atoms with Crippen molar-refractivity contribution in [2.24, 2.45) is 0 Å². The summed E-state index contributed by atoms with van der Waals surface area (Å²) in [7, 11) is -2.80. The van der Waals surface area contributed by atoms with Crippen LogP contribution in [-0.2, 0) is 9.84 Å². The van der Waals surface area contributed by atoms with Gasteiger partial charge in [0.25, 0.3) is 0 Å². The van der Waals surface area contributed by atoms with Gasteiger partial charge in [-0.15, -0.1) is 0 Å². The van der Waals surface area contributed by atoms with Crippen molar-refractivity contribution in [2.45, 2.75) is 51.0 Å². The van der Waals surface area contributed by atoms with Gasteiger partial charge in [-0.1, -0.05) is 19.8 Å². The van der Waals surface area contributed by atoms with Gasteiger partial charge >= 0.3 is 0 Å². The predicted octanol–water partition coefficient (Wildman–Crippen LogP) is 1.42. The van der Waals surface area contributed by atoms with Gasteiger partial charge in [0, 0.05) is 17.8 Å². The van der Waals surface area contributed by atoms with Crippen LogP contribution in [0, 0.1) is 0 Å². The predicted molar refractivity (Wildman–Crippen MR) is 79.2 cm³/mol. The summed E-state index contributed by atoms with van der Waals surface area (Å²) in [6.07, 6.45) is 7.22. The van der Waals surface area contributed by atoms with E-state index in [0.29, 0.717) is 11.3 Å². The molecule has 0 bridgehead atoms. The Balaban J connectivity index is 1.82. The van der Waals surface area contributed by atoms with Crippen molar-refractivity contribution >= 4 is 9.84 Å². The highest BCUT2D eigenvalue weighted by Crippen LogP contribution is 2.31. The second kappa shape index (κ2) is 6.55. The second-order valence-corrected chi connectivity index (χ2v) is 8.61. The Kier molecular flexibility index (Phi) is 5.26. The Morgan fingerprint density at radius 2 is 1.95 bits per heavy atom. The molecule has 0 aromatic carbocycles. The smallest absolute Gasteiger partial charge is 0.150 e. The fourth-order valence-corrected chi connectivity index (χ4v) is 4.31. The molecule has 1 aliphatic heterocycles. The molecule has 19 heavy (non-hydrogen) atoms. The third kappa shape index (κ3) is 4.43. The van der Waals surface area contributed by atoms with E-state index in [4.69, 9.17) is 0 Å². The third-order valence-electron chi connectivity index (χ3n) is 4.61. The van der Waals surface area contributed by atoms with Crippen molar-refractivity contribution in [3.05, 3.63) is 0 Å². The lowest BCUT2D eigenvalue weighted by Gasteiger charge is -2.33. The monoisotopic (exact) mass is 288 g/mol. The average Bonchev–Trinajstić information content (AvgIpc) is 2.72. The number of rotatable bonds is 5. The molecular formula is C14H28N2O2S. The first kappa shape index (κ1) is 15.3. The van der Waals surface area contributed by atoms with Crippen LogP contribution in [0.15, 0.2) is 0 Å². The van der Waals surface area contributed by atoms with E-state index >= 15 is 0 Å². The maximum Gasteiger partial charge on any atom is 0.150 e. The van der Waals surface area contributed by atoms with E-state index in [1.807, 2.05) is 0 Å². The van der Waals surface area contributed by atoms with E-state index in [0.717, 1.165) is 32.6 Å². The van der Waals surface area contributed by atoms with Crippen molar-refractivity contribution in [1.29, 1.82) is 0 Å². The molecular weight excluding hydrogens is 260 g/mol. The van der Waals surface area contributed by atoms with Gasteiger partial charge in [0.1, 0.15) is 9.84 Å². The molecule has 2 aliphatic rings. The molecule has 1 saturated heterocycles. The molecule has 112 valence electrons. The highest BCUT2D eigenvalue weighted by Gasteiger charge is 2.36. The number of hydrogen-bond acceptors (Lipinski definition) is 4. The van der Waals surface area contributed by atoms with E-state index in [1.165, 1.54) is 32.1 Å². The van der Waals surface area contributed by atoms with Crippen LogP contribution in [-0.4, -0.2) is 56.5 Å². The van der Waals surface area contributed by atoms with Crippen molar-refractivity contribution < 1.29 is 8.42 Å². The standard InChI is InChI=1S/C14H28N2O2S/c1-2-19(17,18)12-6-11-16-10-5-9-15-14(13-16)7-3-4-8-14/h15H,2-13H2,1H3. The zero-order valence-corrected chi connectivity index (χ0v) is 13.0. The number of sulfone groups is 1. The van der Waals surface area contributed by atoms with Gasteiger partial charge < -0.3 is 10.2 Å². The molecule has 0 unspecified atom stereocenters. The van der Waals surface area contributed by atoms with E-state index < -0.39 is 9.84 Å². The summed E-state index contributed by atoms with van der Waals surface area (Å²) in [4.78, 5) is 2.48. The van der Waals surface area contributed by atoms with Crippen molar-refractivity contribution in [3.63, 3.8) is 0 Å². The van der Waals surface area contributed by atoms with Gasteiger partial charge in [-0.05, 0) is 45.3 Å². The van der Waals surface area contributed by atoms with Crippen LogP contribution in [0.1, 0.15) is 45.4 Å². The van der Waals surface area contributed by atoms with Gasteiger partial charge in [-0.2, -0.15) is 0 Å². The Morgan fingerprint density at radius 3 is 2.63 bits per heavy atom. The summed E-state index contributed by atoms with van der Waals surface area (Å²) in [5, 5.41) is 3.74. The van der Waals surface area contributed by atoms with Crippen LogP contribution in [0.3, 0.4) is 0 Å². The minimum absolute atomic E-state index is 0.276. The number of nitrogens with one attached hydrogen (secondary N) is 1. The lowest BCUT2D eigenvalue weighted by molar-refractivity contribution is 0.210. The summed E-state index contributed by atoms with van der Waals surface area (Å²) in [5.74, 6) is 0.624. The van der Waals surface area contributed by atoms with Gasteiger partial charge in [0.2, 0.25) is 0 Å². The van der Waals surface area contributed by atoms with Crippen LogP contribution in [0.25, 0.3) is 0 Å². The van der Waals surface area contributed by atoms with Crippen LogP contribution in [0.5, 0.6) is 0 Å². The zero-order valence-electron chi connectivity index (χ0n) is 12.2. The fraction of sp³-hybridized carbons (Fsp3) is 1.00. The lowest BCUT2D eigenvalue weighted by Crippen LogP contribution is -2.49. The molecule has 2 fully saturated rings. The molecule has 1 N–H and O–H groups in total. The summed E-state index contributed by atoms with van der Waals surface area (Å²) in [5.41, 5.74) is 0.333. The molecule has 1 aliphatic carbocycles. The summed E-state index contributed by atoms with van der Waals surface area (Å²) < 4.78 is 23.1. The Bertz CT molecular complexity index is 375. The number of hydrogen-bond donors (Lipinski definition) is 1. The van der Waals surface area contributed by atoms with Gasteiger partial charge in [0.05, 0.1) is 5.75 Å². The largest absolute Gasteiger partial charge is 0.310 e. The van der Waals surface area contributed by atoms with E-state index in [-0.39, 0.29) is 5.75 Å². The molecule has 1 saturated carbocycles. The molecule has 2 rings (SSSR count). The second-order valence-electron chi connectivity index (χ2n) is 6.13. The van der Waals surface area contributed by atoms with Gasteiger partial charge in [0.15, 0.2) is 0 Å². The quantitative estimate of drug-likeness (QED) is 0.831. The fourth-order valence-electron chi connectivity index (χ4n) is 3.45. The first-order valence-corrected chi connectivity index (χ1v) is 9.55.